The first-order chi connectivity index (χ1) is 16.0. The first-order valence-corrected chi connectivity index (χ1v) is 11.5. The molecule has 0 amide bonds. The highest BCUT2D eigenvalue weighted by molar-refractivity contribution is 6.31. The summed E-state index contributed by atoms with van der Waals surface area (Å²) >= 11 is 12.3. The van der Waals surface area contributed by atoms with Crippen LogP contribution >= 0.6 is 23.2 Å². The second-order valence-corrected chi connectivity index (χ2v) is 8.99. The molecule has 1 aliphatic rings. The molecular weight excluding hydrogens is 460 g/mol. The summed E-state index contributed by atoms with van der Waals surface area (Å²) in [6.45, 7) is 3.10. The predicted molar refractivity (Wildman–Crippen MR) is 132 cm³/mol. The fraction of sp³-hybridized carbons (Fsp3) is 0.192. The van der Waals surface area contributed by atoms with Crippen LogP contribution in [0.25, 0.3) is 10.9 Å². The summed E-state index contributed by atoms with van der Waals surface area (Å²) in [6, 6.07) is 19.6. The second-order valence-electron chi connectivity index (χ2n) is 8.15. The molecule has 5 rings (SSSR count). The Balaban J connectivity index is 1.45. The van der Waals surface area contributed by atoms with Crippen LogP contribution in [0.4, 0.5) is 10.1 Å². The number of phenolic OH excluding ortho intramolecular Hbond substituents is 1. The van der Waals surface area contributed by atoms with E-state index in [9.17, 15) is 9.50 Å². The minimum absolute atomic E-state index is 0.0773. The normalized spacial score (nSPS) is 15.7. The van der Waals surface area contributed by atoms with Gasteiger partial charge in [-0.25, -0.2) is 4.39 Å². The van der Waals surface area contributed by atoms with Crippen LogP contribution in [-0.4, -0.2) is 41.2 Å². The molecule has 1 aromatic heterocycles. The van der Waals surface area contributed by atoms with Gasteiger partial charge in [-0.2, -0.15) is 0 Å². The number of hydrogen-bond donors (Lipinski definition) is 1. The Bertz CT molecular complexity index is 1310. The number of pyridine rings is 1. The topological polar surface area (TPSA) is 39.6 Å². The molecule has 3 aromatic carbocycles. The van der Waals surface area contributed by atoms with Crippen molar-refractivity contribution in [3.05, 3.63) is 99.9 Å². The van der Waals surface area contributed by atoms with Gasteiger partial charge in [0.15, 0.2) is 0 Å². The highest BCUT2D eigenvalue weighted by Crippen LogP contribution is 2.37. The third kappa shape index (κ3) is 4.36. The maximum Gasteiger partial charge on any atom is 0.141 e. The van der Waals surface area contributed by atoms with Crippen LogP contribution in [0, 0.1) is 5.82 Å². The van der Waals surface area contributed by atoms with Crippen molar-refractivity contribution in [2.75, 3.05) is 31.1 Å². The molecule has 168 valence electrons. The van der Waals surface area contributed by atoms with Gasteiger partial charge in [-0.05, 0) is 48.0 Å². The van der Waals surface area contributed by atoms with Crippen LogP contribution < -0.4 is 4.90 Å². The third-order valence-electron chi connectivity index (χ3n) is 6.19. The number of aromatic hydroxyl groups is 1. The molecule has 0 aliphatic carbocycles. The average Bonchev–Trinajstić information content (AvgIpc) is 2.82. The fourth-order valence-electron chi connectivity index (χ4n) is 4.59. The number of anilines is 1. The molecular formula is C26H22Cl2FN3O. The van der Waals surface area contributed by atoms with Gasteiger partial charge in [0.05, 0.1) is 16.6 Å². The molecule has 1 saturated heterocycles. The molecule has 1 unspecified atom stereocenters. The lowest BCUT2D eigenvalue weighted by atomic mass is 9.95. The van der Waals surface area contributed by atoms with Crippen molar-refractivity contribution in [1.82, 2.24) is 9.88 Å². The van der Waals surface area contributed by atoms with E-state index in [1.165, 1.54) is 6.07 Å². The van der Waals surface area contributed by atoms with E-state index in [1.807, 2.05) is 42.6 Å². The lowest BCUT2D eigenvalue weighted by molar-refractivity contribution is 0.209. The minimum Gasteiger partial charge on any atom is -0.508 e. The maximum absolute atomic E-state index is 13.9. The highest BCUT2D eigenvalue weighted by atomic mass is 35.5. The van der Waals surface area contributed by atoms with E-state index >= 15 is 0 Å². The molecule has 1 N–H and O–H groups in total. The lowest BCUT2D eigenvalue weighted by Gasteiger charge is -2.41. The van der Waals surface area contributed by atoms with E-state index in [1.54, 1.807) is 24.3 Å². The molecule has 7 heteroatoms. The molecule has 0 saturated carbocycles. The summed E-state index contributed by atoms with van der Waals surface area (Å²) in [5, 5.41) is 12.4. The minimum atomic E-state index is -0.453. The maximum atomic E-state index is 13.9. The van der Waals surface area contributed by atoms with E-state index < -0.39 is 5.82 Å². The number of aromatic nitrogens is 1. The molecule has 0 bridgehead atoms. The van der Waals surface area contributed by atoms with Crippen LogP contribution in [0.3, 0.4) is 0 Å². The van der Waals surface area contributed by atoms with Gasteiger partial charge in [0.1, 0.15) is 11.6 Å². The van der Waals surface area contributed by atoms with Crippen LogP contribution in [0.5, 0.6) is 5.75 Å². The quantitative estimate of drug-likeness (QED) is 0.371. The monoisotopic (exact) mass is 481 g/mol. The molecule has 0 radical (unpaired) electrons. The van der Waals surface area contributed by atoms with Gasteiger partial charge in [0.2, 0.25) is 0 Å². The Kier molecular flexibility index (Phi) is 6.11. The van der Waals surface area contributed by atoms with Crippen molar-refractivity contribution in [2.24, 2.45) is 0 Å². The zero-order valence-electron chi connectivity index (χ0n) is 17.8. The Morgan fingerprint density at radius 3 is 2.45 bits per heavy atom. The zero-order valence-corrected chi connectivity index (χ0v) is 19.3. The van der Waals surface area contributed by atoms with Gasteiger partial charge < -0.3 is 10.0 Å². The van der Waals surface area contributed by atoms with E-state index in [0.717, 1.165) is 53.9 Å². The Hall–Kier alpha value is -2.86. The number of benzene rings is 3. The summed E-state index contributed by atoms with van der Waals surface area (Å²) < 4.78 is 13.9. The standard InChI is InChI=1S/C26H22Cl2FN3O/c27-18-6-7-19-23(16-18)30-10-9-24(19)31-11-13-32(14-12-31)26(20-3-1-2-4-25(20)33)17-5-8-22(29)21(28)15-17/h1-10,15-16,26,33H,11-14H2. The van der Waals surface area contributed by atoms with Crippen molar-refractivity contribution in [2.45, 2.75) is 6.04 Å². The summed E-state index contributed by atoms with van der Waals surface area (Å²) in [4.78, 5) is 9.09. The molecule has 1 aliphatic heterocycles. The number of fused-ring (bicyclic) bond motifs is 1. The summed E-state index contributed by atoms with van der Waals surface area (Å²) in [7, 11) is 0. The smallest absolute Gasteiger partial charge is 0.141 e. The van der Waals surface area contributed by atoms with Crippen molar-refractivity contribution in [3.8, 4) is 5.75 Å². The van der Waals surface area contributed by atoms with Crippen molar-refractivity contribution < 1.29 is 9.50 Å². The fourth-order valence-corrected chi connectivity index (χ4v) is 4.95. The Labute approximate surface area is 201 Å². The molecule has 2 heterocycles. The first-order valence-electron chi connectivity index (χ1n) is 10.8. The Morgan fingerprint density at radius 2 is 1.70 bits per heavy atom. The third-order valence-corrected chi connectivity index (χ3v) is 6.72. The molecule has 0 spiro atoms. The van der Waals surface area contributed by atoms with E-state index in [2.05, 4.69) is 14.8 Å². The van der Waals surface area contributed by atoms with Crippen LogP contribution in [0.15, 0.2) is 72.9 Å². The van der Waals surface area contributed by atoms with E-state index in [0.29, 0.717) is 5.02 Å². The SMILES string of the molecule is Oc1ccccc1C(c1ccc(F)c(Cl)c1)N1CCN(c2ccnc3cc(Cl)ccc23)CC1. The predicted octanol–water partition coefficient (Wildman–Crippen LogP) is 6.30. The molecule has 4 nitrogen and oxygen atoms in total. The zero-order chi connectivity index (χ0) is 22.9. The first kappa shape index (κ1) is 22.0. The largest absolute Gasteiger partial charge is 0.508 e. The van der Waals surface area contributed by atoms with Crippen LogP contribution in [-0.2, 0) is 0 Å². The Morgan fingerprint density at radius 1 is 0.909 bits per heavy atom. The number of para-hydroxylation sites is 1. The average molecular weight is 482 g/mol. The van der Waals surface area contributed by atoms with Gasteiger partial charge >= 0.3 is 0 Å². The number of rotatable bonds is 4. The number of piperazine rings is 1. The molecule has 33 heavy (non-hydrogen) atoms. The van der Waals surface area contributed by atoms with Gasteiger partial charge in [-0.1, -0.05) is 47.5 Å². The van der Waals surface area contributed by atoms with Crippen LogP contribution in [0.1, 0.15) is 17.2 Å². The summed E-state index contributed by atoms with van der Waals surface area (Å²) in [5.41, 5.74) is 3.62. The summed E-state index contributed by atoms with van der Waals surface area (Å²) in [6.07, 6.45) is 1.81. The number of nitrogens with zero attached hydrogens (tertiary/aromatic N) is 3. The number of hydrogen-bond acceptors (Lipinski definition) is 4. The van der Waals surface area contributed by atoms with Crippen molar-refractivity contribution in [1.29, 1.82) is 0 Å². The molecule has 1 atom stereocenters. The van der Waals surface area contributed by atoms with Gasteiger partial charge in [-0.15, -0.1) is 0 Å². The highest BCUT2D eigenvalue weighted by Gasteiger charge is 2.29. The number of phenols is 1. The van der Waals surface area contributed by atoms with Gasteiger partial charge in [0.25, 0.3) is 0 Å². The second kappa shape index (κ2) is 9.18. The van der Waals surface area contributed by atoms with Crippen LogP contribution in [0.2, 0.25) is 10.0 Å². The summed E-state index contributed by atoms with van der Waals surface area (Å²) in [5.74, 6) is -0.242. The van der Waals surface area contributed by atoms with Gasteiger partial charge in [0, 0.05) is 54.0 Å². The lowest BCUT2D eigenvalue weighted by Crippen LogP contribution is -2.48. The number of halogens is 3. The van der Waals surface area contributed by atoms with Gasteiger partial charge in [-0.3, -0.25) is 9.88 Å². The van der Waals surface area contributed by atoms with E-state index in [-0.39, 0.29) is 16.8 Å². The molecule has 1 fully saturated rings. The van der Waals surface area contributed by atoms with Crippen molar-refractivity contribution >= 4 is 39.8 Å². The molecule has 4 aromatic rings. The van der Waals surface area contributed by atoms with E-state index in [4.69, 9.17) is 23.2 Å². The van der Waals surface area contributed by atoms with Crippen molar-refractivity contribution in [3.63, 3.8) is 0 Å².